The molecule has 94 valence electrons. The SMILES string of the molecule is CCC[C@@H]1NCCc2cc(OC)c(OC)cc21. The second-order valence-corrected chi connectivity index (χ2v) is 4.45. The molecule has 1 aliphatic rings. The fourth-order valence-corrected chi connectivity index (χ4v) is 2.51. The van der Waals surface area contributed by atoms with Crippen LogP contribution in [0.3, 0.4) is 0 Å². The number of benzene rings is 1. The van der Waals surface area contributed by atoms with Crippen molar-refractivity contribution in [3.8, 4) is 11.5 Å². The van der Waals surface area contributed by atoms with Crippen molar-refractivity contribution in [2.24, 2.45) is 0 Å². The van der Waals surface area contributed by atoms with Crippen LogP contribution in [0, 0.1) is 0 Å². The van der Waals surface area contributed by atoms with Crippen molar-refractivity contribution in [2.75, 3.05) is 20.8 Å². The normalized spacial score (nSPS) is 18.6. The van der Waals surface area contributed by atoms with Crippen LogP contribution in [0.5, 0.6) is 11.5 Å². The third-order valence-electron chi connectivity index (χ3n) is 3.38. The summed E-state index contributed by atoms with van der Waals surface area (Å²) in [4.78, 5) is 0. The maximum Gasteiger partial charge on any atom is 0.161 e. The molecule has 0 aromatic heterocycles. The Balaban J connectivity index is 2.39. The second-order valence-electron chi connectivity index (χ2n) is 4.45. The van der Waals surface area contributed by atoms with Crippen LogP contribution in [-0.2, 0) is 6.42 Å². The predicted molar refractivity (Wildman–Crippen MR) is 68.9 cm³/mol. The van der Waals surface area contributed by atoms with E-state index in [0.717, 1.165) is 24.5 Å². The van der Waals surface area contributed by atoms with Crippen LogP contribution in [0.1, 0.15) is 36.9 Å². The maximum absolute atomic E-state index is 5.38. The summed E-state index contributed by atoms with van der Waals surface area (Å²) in [5.74, 6) is 1.67. The van der Waals surface area contributed by atoms with Crippen LogP contribution in [0.15, 0.2) is 12.1 Å². The Hall–Kier alpha value is -1.22. The van der Waals surface area contributed by atoms with Gasteiger partial charge in [0.05, 0.1) is 14.2 Å². The van der Waals surface area contributed by atoms with E-state index in [4.69, 9.17) is 9.47 Å². The molecule has 0 saturated carbocycles. The van der Waals surface area contributed by atoms with Crippen molar-refractivity contribution < 1.29 is 9.47 Å². The van der Waals surface area contributed by atoms with E-state index in [0.29, 0.717) is 6.04 Å². The summed E-state index contributed by atoms with van der Waals surface area (Å²) in [6.45, 7) is 3.27. The first-order chi connectivity index (χ1) is 8.30. The third-order valence-corrected chi connectivity index (χ3v) is 3.38. The zero-order valence-electron chi connectivity index (χ0n) is 10.9. The molecule has 1 aromatic rings. The van der Waals surface area contributed by atoms with Gasteiger partial charge < -0.3 is 14.8 Å². The van der Waals surface area contributed by atoms with Crippen molar-refractivity contribution in [1.29, 1.82) is 0 Å². The van der Waals surface area contributed by atoms with Crippen LogP contribution in [0.4, 0.5) is 0 Å². The smallest absolute Gasteiger partial charge is 0.161 e. The summed E-state index contributed by atoms with van der Waals surface area (Å²) < 4.78 is 10.7. The lowest BCUT2D eigenvalue weighted by molar-refractivity contribution is 0.351. The molecule has 1 aliphatic heterocycles. The highest BCUT2D eigenvalue weighted by Gasteiger charge is 2.21. The second kappa shape index (κ2) is 5.41. The number of hydrogen-bond acceptors (Lipinski definition) is 3. The molecule has 17 heavy (non-hydrogen) atoms. The van der Waals surface area contributed by atoms with E-state index in [9.17, 15) is 0 Å². The monoisotopic (exact) mass is 235 g/mol. The quantitative estimate of drug-likeness (QED) is 0.870. The van der Waals surface area contributed by atoms with Gasteiger partial charge in [-0.2, -0.15) is 0 Å². The van der Waals surface area contributed by atoms with Gasteiger partial charge in [-0.05, 0) is 42.6 Å². The molecule has 0 aliphatic carbocycles. The van der Waals surface area contributed by atoms with Gasteiger partial charge in [-0.1, -0.05) is 13.3 Å². The molecule has 0 radical (unpaired) electrons. The molecule has 0 unspecified atom stereocenters. The lowest BCUT2D eigenvalue weighted by Crippen LogP contribution is -2.29. The molecule has 1 atom stereocenters. The van der Waals surface area contributed by atoms with Gasteiger partial charge in [-0.3, -0.25) is 0 Å². The van der Waals surface area contributed by atoms with E-state index in [-0.39, 0.29) is 0 Å². The van der Waals surface area contributed by atoms with Crippen LogP contribution < -0.4 is 14.8 Å². The molecule has 1 aromatic carbocycles. The third kappa shape index (κ3) is 2.39. The molecular weight excluding hydrogens is 214 g/mol. The van der Waals surface area contributed by atoms with Crippen molar-refractivity contribution in [3.63, 3.8) is 0 Å². The Morgan fingerprint density at radius 1 is 1.24 bits per heavy atom. The summed E-state index contributed by atoms with van der Waals surface area (Å²) >= 11 is 0. The molecule has 3 heteroatoms. The first-order valence-electron chi connectivity index (χ1n) is 6.28. The van der Waals surface area contributed by atoms with E-state index >= 15 is 0 Å². The van der Waals surface area contributed by atoms with Gasteiger partial charge >= 0.3 is 0 Å². The molecule has 0 spiro atoms. The zero-order chi connectivity index (χ0) is 12.3. The zero-order valence-corrected chi connectivity index (χ0v) is 10.9. The number of ether oxygens (including phenoxy) is 2. The number of methoxy groups -OCH3 is 2. The Labute approximate surface area is 103 Å². The van der Waals surface area contributed by atoms with E-state index in [1.807, 2.05) is 0 Å². The van der Waals surface area contributed by atoms with Crippen molar-refractivity contribution >= 4 is 0 Å². The molecule has 0 fully saturated rings. The van der Waals surface area contributed by atoms with E-state index in [1.54, 1.807) is 14.2 Å². The van der Waals surface area contributed by atoms with Gasteiger partial charge in [0.2, 0.25) is 0 Å². The minimum atomic E-state index is 0.462. The first kappa shape index (κ1) is 12.2. The van der Waals surface area contributed by atoms with E-state index in [2.05, 4.69) is 24.4 Å². The Morgan fingerprint density at radius 2 is 1.94 bits per heavy atom. The van der Waals surface area contributed by atoms with Crippen molar-refractivity contribution in [2.45, 2.75) is 32.2 Å². The highest BCUT2D eigenvalue weighted by atomic mass is 16.5. The average molecular weight is 235 g/mol. The largest absolute Gasteiger partial charge is 0.493 e. The summed E-state index contributed by atoms with van der Waals surface area (Å²) in [7, 11) is 3.38. The van der Waals surface area contributed by atoms with Gasteiger partial charge in [0.15, 0.2) is 11.5 Å². The number of hydrogen-bond donors (Lipinski definition) is 1. The molecule has 0 amide bonds. The first-order valence-corrected chi connectivity index (χ1v) is 6.28. The molecule has 0 saturated heterocycles. The number of rotatable bonds is 4. The van der Waals surface area contributed by atoms with Gasteiger partial charge in [0.1, 0.15) is 0 Å². The van der Waals surface area contributed by atoms with Crippen LogP contribution >= 0.6 is 0 Å². The van der Waals surface area contributed by atoms with Crippen LogP contribution in [-0.4, -0.2) is 20.8 Å². The van der Waals surface area contributed by atoms with E-state index in [1.165, 1.54) is 24.0 Å². The summed E-state index contributed by atoms with van der Waals surface area (Å²) in [6.07, 6.45) is 3.42. The average Bonchev–Trinajstić information content (AvgIpc) is 2.38. The fraction of sp³-hybridized carbons (Fsp3) is 0.571. The molecule has 1 heterocycles. The Morgan fingerprint density at radius 3 is 2.59 bits per heavy atom. The van der Waals surface area contributed by atoms with Gasteiger partial charge in [0, 0.05) is 6.04 Å². The molecular formula is C14H21NO2. The molecule has 3 nitrogen and oxygen atoms in total. The van der Waals surface area contributed by atoms with Gasteiger partial charge in [-0.25, -0.2) is 0 Å². The Kier molecular flexibility index (Phi) is 3.89. The number of fused-ring (bicyclic) bond motifs is 1. The summed E-state index contributed by atoms with van der Waals surface area (Å²) in [5, 5.41) is 3.57. The Bertz CT molecular complexity index is 390. The van der Waals surface area contributed by atoms with Crippen molar-refractivity contribution in [1.82, 2.24) is 5.32 Å². The van der Waals surface area contributed by atoms with E-state index < -0.39 is 0 Å². The lowest BCUT2D eigenvalue weighted by Gasteiger charge is -2.28. The van der Waals surface area contributed by atoms with Gasteiger partial charge in [0.25, 0.3) is 0 Å². The molecule has 0 bridgehead atoms. The molecule has 2 rings (SSSR count). The van der Waals surface area contributed by atoms with Crippen LogP contribution in [0.2, 0.25) is 0 Å². The topological polar surface area (TPSA) is 30.5 Å². The maximum atomic E-state index is 5.38. The fourth-order valence-electron chi connectivity index (χ4n) is 2.51. The number of nitrogens with one attached hydrogen (secondary N) is 1. The lowest BCUT2D eigenvalue weighted by atomic mass is 9.91. The van der Waals surface area contributed by atoms with Gasteiger partial charge in [-0.15, -0.1) is 0 Å². The van der Waals surface area contributed by atoms with Crippen LogP contribution in [0.25, 0.3) is 0 Å². The van der Waals surface area contributed by atoms with Crippen molar-refractivity contribution in [3.05, 3.63) is 23.3 Å². The summed E-state index contributed by atoms with van der Waals surface area (Å²) in [5.41, 5.74) is 2.76. The standard InChI is InChI=1S/C14H21NO2/c1-4-5-12-11-9-14(17-3)13(16-2)8-10(11)6-7-15-12/h8-9,12,15H,4-7H2,1-3H3/t12-/m0/s1. The minimum absolute atomic E-state index is 0.462. The highest BCUT2D eigenvalue weighted by Crippen LogP contribution is 2.36. The predicted octanol–water partition coefficient (Wildman–Crippen LogP) is 2.69. The summed E-state index contributed by atoms with van der Waals surface area (Å²) in [6, 6.07) is 4.71. The highest BCUT2D eigenvalue weighted by molar-refractivity contribution is 5.49. The minimum Gasteiger partial charge on any atom is -0.493 e. The molecule has 1 N–H and O–H groups in total.